The van der Waals surface area contributed by atoms with Gasteiger partial charge in [0, 0.05) is 26.0 Å². The fraction of sp³-hybridized carbons (Fsp3) is 0.300. The second kappa shape index (κ2) is 15.8. The van der Waals surface area contributed by atoms with Crippen molar-refractivity contribution in [1.82, 2.24) is 0 Å². The van der Waals surface area contributed by atoms with Crippen molar-refractivity contribution in [2.24, 2.45) is 17.8 Å². The molecule has 3 atom stereocenters. The summed E-state index contributed by atoms with van der Waals surface area (Å²) in [6, 6.07) is 38.6. The SMILES string of the molecule is CS(C)(OS(=O)(=O)C(F)(F)F)c1cccc2ccccc12.O=S(=O)(OS(c1ccccc1)(c1ccccc1)c1ccccc1)C(F)(F)CC1CC2CCC1C2. The Morgan fingerprint density at radius 1 is 0.582 bits per heavy atom. The molecule has 0 aromatic heterocycles. The van der Waals surface area contributed by atoms with Crippen molar-refractivity contribution in [1.29, 1.82) is 0 Å². The van der Waals surface area contributed by atoms with Crippen molar-refractivity contribution >= 4 is 51.6 Å². The fourth-order valence-corrected chi connectivity index (χ4v) is 16.3. The second-order valence-electron chi connectivity index (χ2n) is 14.0. The third-order valence-corrected chi connectivity index (χ3v) is 19.3. The summed E-state index contributed by atoms with van der Waals surface area (Å²) in [4.78, 5) is 2.10. The summed E-state index contributed by atoms with van der Waals surface area (Å²) in [5, 5.41) is -2.49. The first-order valence-corrected chi connectivity index (χ1v) is 24.2. The van der Waals surface area contributed by atoms with Crippen LogP contribution >= 0.6 is 20.6 Å². The van der Waals surface area contributed by atoms with E-state index >= 15 is 8.78 Å². The van der Waals surface area contributed by atoms with Gasteiger partial charge in [-0.3, -0.25) is 0 Å². The third-order valence-electron chi connectivity index (χ3n) is 9.99. The lowest BCUT2D eigenvalue weighted by Crippen LogP contribution is -2.35. The Labute approximate surface area is 322 Å². The van der Waals surface area contributed by atoms with E-state index in [1.165, 1.54) is 12.5 Å². The van der Waals surface area contributed by atoms with Gasteiger partial charge in [-0.2, -0.15) is 38.8 Å². The van der Waals surface area contributed by atoms with Crippen molar-refractivity contribution in [3.8, 4) is 0 Å². The summed E-state index contributed by atoms with van der Waals surface area (Å²) in [6.07, 6.45) is 5.68. The summed E-state index contributed by atoms with van der Waals surface area (Å²) in [5.74, 6) is 0.374. The van der Waals surface area contributed by atoms with Crippen LogP contribution in [-0.4, -0.2) is 40.1 Å². The van der Waals surface area contributed by atoms with E-state index in [0.717, 1.165) is 24.6 Å². The average molecular weight is 841 g/mol. The van der Waals surface area contributed by atoms with Crippen molar-refractivity contribution in [3.05, 3.63) is 133 Å². The number of hydrogen-bond donors (Lipinski definition) is 0. The molecule has 2 fully saturated rings. The van der Waals surface area contributed by atoms with E-state index in [0.29, 0.717) is 37.3 Å². The van der Waals surface area contributed by atoms with E-state index in [2.05, 4.69) is 3.63 Å². The molecule has 7 rings (SSSR count). The highest BCUT2D eigenvalue weighted by molar-refractivity contribution is 8.33. The number of halogens is 5. The minimum absolute atomic E-state index is 0.195. The molecular formula is C40H41F5O6S4. The average Bonchev–Trinajstić information content (AvgIpc) is 3.78. The van der Waals surface area contributed by atoms with Crippen LogP contribution in [-0.2, 0) is 27.5 Å². The Balaban J connectivity index is 0.000000211. The van der Waals surface area contributed by atoms with Gasteiger partial charge in [-0.25, -0.2) is 7.26 Å². The largest absolute Gasteiger partial charge is 0.523 e. The summed E-state index contributed by atoms with van der Waals surface area (Å²) in [5.41, 5.74) is -5.43. The lowest BCUT2D eigenvalue weighted by molar-refractivity contribution is -0.0496. The van der Waals surface area contributed by atoms with Crippen LogP contribution in [0.5, 0.6) is 0 Å². The number of hydrogen-bond acceptors (Lipinski definition) is 6. The number of rotatable bonds is 11. The zero-order chi connectivity index (χ0) is 39.7. The number of alkyl halides is 5. The molecule has 6 nitrogen and oxygen atoms in total. The maximum atomic E-state index is 15.6. The van der Waals surface area contributed by atoms with Gasteiger partial charge in [0.1, 0.15) is 0 Å². The minimum atomic E-state index is -5.64. The van der Waals surface area contributed by atoms with E-state index in [1.807, 2.05) is 18.2 Å². The maximum absolute atomic E-state index is 15.6. The summed E-state index contributed by atoms with van der Waals surface area (Å²) in [6.45, 7) is 0. The molecular weight excluding hydrogens is 800 g/mol. The Bertz CT molecular complexity index is 2210. The number of benzene rings is 5. The van der Waals surface area contributed by atoms with Gasteiger partial charge < -0.3 is 0 Å². The lowest BCUT2D eigenvalue weighted by Gasteiger charge is -2.40. The monoisotopic (exact) mass is 840 g/mol. The highest BCUT2D eigenvalue weighted by Gasteiger charge is 2.55. The van der Waals surface area contributed by atoms with Crippen molar-refractivity contribution < 1.29 is 46.0 Å². The number of fused-ring (bicyclic) bond motifs is 3. The zero-order valence-electron chi connectivity index (χ0n) is 29.9. The van der Waals surface area contributed by atoms with Crippen LogP contribution in [0.15, 0.2) is 153 Å². The van der Waals surface area contributed by atoms with Crippen LogP contribution in [0, 0.1) is 17.8 Å². The molecule has 2 aliphatic rings. The maximum Gasteiger partial charge on any atom is 0.523 e. The lowest BCUT2D eigenvalue weighted by atomic mass is 9.86. The molecule has 3 unspecified atom stereocenters. The Kier molecular flexibility index (Phi) is 11.8. The summed E-state index contributed by atoms with van der Waals surface area (Å²) in [7, 11) is -16.5. The van der Waals surface area contributed by atoms with Crippen LogP contribution < -0.4 is 0 Å². The molecule has 2 aliphatic carbocycles. The minimum Gasteiger partial charge on any atom is -0.209 e. The molecule has 2 bridgehead atoms. The normalized spacial score (nSPS) is 19.8. The predicted molar refractivity (Wildman–Crippen MR) is 208 cm³/mol. The van der Waals surface area contributed by atoms with E-state index in [-0.39, 0.29) is 11.8 Å². The van der Waals surface area contributed by atoms with E-state index < -0.39 is 58.0 Å². The van der Waals surface area contributed by atoms with Gasteiger partial charge in [-0.05, 0) is 113 Å². The van der Waals surface area contributed by atoms with Gasteiger partial charge in [0.25, 0.3) is 0 Å². The first-order valence-electron chi connectivity index (χ1n) is 17.4. The molecule has 0 saturated heterocycles. The van der Waals surface area contributed by atoms with E-state index in [1.54, 1.807) is 115 Å². The fourth-order valence-electron chi connectivity index (χ4n) is 7.50. The topological polar surface area (TPSA) is 86.7 Å². The molecule has 0 aliphatic heterocycles. The van der Waals surface area contributed by atoms with Gasteiger partial charge in [0.15, 0.2) is 0 Å². The molecule has 0 radical (unpaired) electrons. The van der Waals surface area contributed by atoms with Crippen molar-refractivity contribution in [3.63, 3.8) is 0 Å². The van der Waals surface area contributed by atoms with Gasteiger partial charge in [0.05, 0.1) is 0 Å². The van der Waals surface area contributed by atoms with E-state index in [9.17, 15) is 30.0 Å². The van der Waals surface area contributed by atoms with Crippen LogP contribution in [0.3, 0.4) is 0 Å². The second-order valence-corrected chi connectivity index (χ2v) is 23.4. The molecule has 0 spiro atoms. The van der Waals surface area contributed by atoms with Gasteiger partial charge in [-0.15, -0.1) is 0 Å². The van der Waals surface area contributed by atoms with Gasteiger partial charge in [-0.1, -0.05) is 108 Å². The Morgan fingerprint density at radius 3 is 1.55 bits per heavy atom. The highest BCUT2D eigenvalue weighted by Crippen LogP contribution is 2.70. The van der Waals surface area contributed by atoms with Crippen LogP contribution in [0.2, 0.25) is 0 Å². The van der Waals surface area contributed by atoms with E-state index in [4.69, 9.17) is 3.63 Å². The predicted octanol–water partition coefficient (Wildman–Crippen LogP) is 11.7. The Hall–Kier alpha value is -3.47. The molecule has 296 valence electrons. The molecule has 15 heteroatoms. The van der Waals surface area contributed by atoms with Gasteiger partial charge in [0.2, 0.25) is 0 Å². The highest BCUT2D eigenvalue weighted by atomic mass is 32.3. The van der Waals surface area contributed by atoms with Crippen LogP contribution in [0.4, 0.5) is 22.0 Å². The summed E-state index contributed by atoms with van der Waals surface area (Å²) >= 11 is 0. The molecule has 0 amide bonds. The molecule has 55 heavy (non-hydrogen) atoms. The quantitative estimate of drug-likeness (QED) is 0.0972. The molecule has 2 saturated carbocycles. The van der Waals surface area contributed by atoms with Crippen molar-refractivity contribution in [2.75, 3.05) is 12.5 Å². The molecule has 0 N–H and O–H groups in total. The summed E-state index contributed by atoms with van der Waals surface area (Å²) < 4.78 is 128. The van der Waals surface area contributed by atoms with Crippen molar-refractivity contribution in [2.45, 2.75) is 62.4 Å². The molecule has 5 aromatic rings. The van der Waals surface area contributed by atoms with Gasteiger partial charge >= 0.3 is 31.0 Å². The first kappa shape index (κ1) is 41.2. The van der Waals surface area contributed by atoms with Crippen LogP contribution in [0.25, 0.3) is 10.8 Å². The Morgan fingerprint density at radius 2 is 1.07 bits per heavy atom. The molecule has 0 heterocycles. The van der Waals surface area contributed by atoms with Crippen LogP contribution in [0.1, 0.15) is 32.1 Å². The first-order chi connectivity index (χ1) is 25.9. The standard InChI is InChI=1S/C27H28F2O3S2.C13H13F3O3S2/c28-27(29,20-23-19-21-16-17-22(23)18-21)34(30,31)32-33(24-10-4-1-5-11-24,25-12-6-2-7-13-25)26-14-8-3-9-15-26;1-20(2,19-21(17,18)13(14,15)16)12-9-5-7-10-6-3-4-8-11(10)12/h1-15,21-23H,16-20H2;3-9H,1-2H3. The molecule has 5 aromatic carbocycles. The zero-order valence-corrected chi connectivity index (χ0v) is 33.2. The third kappa shape index (κ3) is 8.62. The smallest absolute Gasteiger partial charge is 0.209 e.